The first-order chi connectivity index (χ1) is 10.1. The van der Waals surface area contributed by atoms with Gasteiger partial charge in [-0.25, -0.2) is 4.39 Å². The molecule has 114 valence electrons. The third-order valence-corrected chi connectivity index (χ3v) is 4.45. The molecule has 2 atom stereocenters. The minimum absolute atomic E-state index is 0.0559. The van der Waals surface area contributed by atoms with Crippen LogP contribution < -0.4 is 4.74 Å². The van der Waals surface area contributed by atoms with E-state index in [1.54, 1.807) is 6.07 Å². The summed E-state index contributed by atoms with van der Waals surface area (Å²) in [6.45, 7) is 2.03. The molecular formula is C16H20FNO3. The van der Waals surface area contributed by atoms with Crippen molar-refractivity contribution in [1.82, 2.24) is 4.90 Å². The van der Waals surface area contributed by atoms with Crippen LogP contribution in [0, 0.1) is 11.7 Å². The molecule has 3 rings (SSSR count). The zero-order valence-electron chi connectivity index (χ0n) is 11.9. The number of rotatable bonds is 2. The third-order valence-electron chi connectivity index (χ3n) is 4.45. The van der Waals surface area contributed by atoms with E-state index in [0.29, 0.717) is 13.2 Å². The average molecular weight is 293 g/mol. The Balaban J connectivity index is 1.87. The number of carboxylic acids is 1. The van der Waals surface area contributed by atoms with E-state index < -0.39 is 5.97 Å². The van der Waals surface area contributed by atoms with Crippen LogP contribution in [0.1, 0.15) is 37.3 Å². The second kappa shape index (κ2) is 6.02. The summed E-state index contributed by atoms with van der Waals surface area (Å²) in [4.78, 5) is 13.4. The Bertz CT molecular complexity index is 534. The average Bonchev–Trinajstić information content (AvgIpc) is 2.69. The van der Waals surface area contributed by atoms with Crippen LogP contribution in [0.3, 0.4) is 0 Å². The van der Waals surface area contributed by atoms with Crippen molar-refractivity contribution in [1.29, 1.82) is 0 Å². The van der Waals surface area contributed by atoms with Gasteiger partial charge in [0.1, 0.15) is 11.6 Å². The number of carboxylic acid groups (broad SMARTS) is 1. The van der Waals surface area contributed by atoms with Gasteiger partial charge in [0.15, 0.2) is 0 Å². The van der Waals surface area contributed by atoms with Crippen LogP contribution in [-0.2, 0) is 4.79 Å². The lowest BCUT2D eigenvalue weighted by molar-refractivity contribution is -0.144. The Kier molecular flexibility index (Phi) is 4.10. The zero-order valence-corrected chi connectivity index (χ0v) is 11.9. The first kappa shape index (κ1) is 14.3. The highest BCUT2D eigenvalue weighted by atomic mass is 19.1. The fourth-order valence-electron chi connectivity index (χ4n) is 3.40. The summed E-state index contributed by atoms with van der Waals surface area (Å²) in [5.74, 6) is -0.587. The maximum Gasteiger partial charge on any atom is 0.307 e. The maximum atomic E-state index is 13.6. The van der Waals surface area contributed by atoms with Gasteiger partial charge in [0.05, 0.1) is 12.5 Å². The van der Waals surface area contributed by atoms with Gasteiger partial charge in [-0.15, -0.1) is 0 Å². The van der Waals surface area contributed by atoms with E-state index in [1.165, 1.54) is 12.1 Å². The Morgan fingerprint density at radius 1 is 1.33 bits per heavy atom. The first-order valence-electron chi connectivity index (χ1n) is 7.54. The van der Waals surface area contributed by atoms with Gasteiger partial charge in [0.25, 0.3) is 0 Å². The van der Waals surface area contributed by atoms with Crippen molar-refractivity contribution in [2.24, 2.45) is 5.92 Å². The summed E-state index contributed by atoms with van der Waals surface area (Å²) in [5, 5.41) is 9.24. The summed E-state index contributed by atoms with van der Waals surface area (Å²) in [5.41, 5.74) is 0.860. The molecule has 0 spiro atoms. The highest BCUT2D eigenvalue weighted by Crippen LogP contribution is 2.37. The van der Waals surface area contributed by atoms with E-state index in [9.17, 15) is 14.3 Å². The smallest absolute Gasteiger partial charge is 0.307 e. The Morgan fingerprint density at radius 3 is 3.00 bits per heavy atom. The Labute approximate surface area is 123 Å². The fraction of sp³-hybridized carbons (Fsp3) is 0.562. The Hall–Kier alpha value is -1.62. The lowest BCUT2D eigenvalue weighted by Gasteiger charge is -2.37. The predicted octanol–water partition coefficient (Wildman–Crippen LogP) is 2.84. The van der Waals surface area contributed by atoms with Crippen LogP contribution in [-0.4, -0.2) is 35.7 Å². The van der Waals surface area contributed by atoms with Crippen LogP contribution in [0.15, 0.2) is 18.2 Å². The number of carbonyl (C=O) groups is 1. The molecule has 5 heteroatoms. The number of piperidine rings is 1. The summed E-state index contributed by atoms with van der Waals surface area (Å²) in [6.07, 6.45) is 3.38. The molecule has 0 aromatic heterocycles. The van der Waals surface area contributed by atoms with Crippen LogP contribution in [0.2, 0.25) is 0 Å². The van der Waals surface area contributed by atoms with Gasteiger partial charge < -0.3 is 9.84 Å². The summed E-state index contributed by atoms with van der Waals surface area (Å²) < 4.78 is 19.3. The van der Waals surface area contributed by atoms with Crippen molar-refractivity contribution >= 4 is 5.97 Å². The van der Waals surface area contributed by atoms with Crippen molar-refractivity contribution in [3.8, 4) is 5.75 Å². The standard InChI is InChI=1S/C16H20FNO3/c17-12-5-6-15-13(9-12)14(4-2-8-21-15)18-7-1-3-11(10-18)16(19)20/h5-6,9,11,14H,1-4,7-8,10H2,(H,19,20). The number of hydrogen-bond acceptors (Lipinski definition) is 3. The highest BCUT2D eigenvalue weighted by Gasteiger charge is 2.32. The van der Waals surface area contributed by atoms with E-state index in [2.05, 4.69) is 4.90 Å². The molecule has 1 aromatic rings. The molecule has 2 heterocycles. The number of benzene rings is 1. The number of ether oxygens (including phenoxy) is 1. The van der Waals surface area contributed by atoms with Crippen molar-refractivity contribution in [3.05, 3.63) is 29.6 Å². The molecule has 1 fully saturated rings. The second-order valence-corrected chi connectivity index (χ2v) is 5.86. The number of fused-ring (bicyclic) bond motifs is 1. The summed E-state index contributed by atoms with van der Waals surface area (Å²) >= 11 is 0. The van der Waals surface area contributed by atoms with E-state index >= 15 is 0 Å². The van der Waals surface area contributed by atoms with Crippen molar-refractivity contribution < 1.29 is 19.0 Å². The lowest BCUT2D eigenvalue weighted by atomic mass is 9.93. The maximum absolute atomic E-state index is 13.6. The minimum atomic E-state index is -0.732. The number of nitrogens with zero attached hydrogens (tertiary/aromatic N) is 1. The monoisotopic (exact) mass is 293 g/mol. The topological polar surface area (TPSA) is 49.8 Å². The van der Waals surface area contributed by atoms with Gasteiger partial charge in [-0.3, -0.25) is 9.69 Å². The minimum Gasteiger partial charge on any atom is -0.493 e. The van der Waals surface area contributed by atoms with Gasteiger partial charge in [0.2, 0.25) is 0 Å². The van der Waals surface area contributed by atoms with Crippen molar-refractivity contribution in [2.75, 3.05) is 19.7 Å². The molecule has 0 amide bonds. The van der Waals surface area contributed by atoms with Gasteiger partial charge in [-0.1, -0.05) is 0 Å². The molecule has 0 aliphatic carbocycles. The molecule has 21 heavy (non-hydrogen) atoms. The predicted molar refractivity (Wildman–Crippen MR) is 75.8 cm³/mol. The fourth-order valence-corrected chi connectivity index (χ4v) is 3.40. The van der Waals surface area contributed by atoms with Gasteiger partial charge in [-0.2, -0.15) is 0 Å². The molecule has 4 nitrogen and oxygen atoms in total. The molecule has 2 aliphatic rings. The summed E-state index contributed by atoms with van der Waals surface area (Å²) in [6, 6.07) is 4.69. The van der Waals surface area contributed by atoms with Crippen molar-refractivity contribution in [2.45, 2.75) is 31.7 Å². The number of hydrogen-bond donors (Lipinski definition) is 1. The van der Waals surface area contributed by atoms with Crippen LogP contribution in [0.5, 0.6) is 5.75 Å². The van der Waals surface area contributed by atoms with E-state index in [0.717, 1.165) is 43.5 Å². The molecule has 1 aromatic carbocycles. The van der Waals surface area contributed by atoms with Gasteiger partial charge in [0, 0.05) is 18.2 Å². The first-order valence-corrected chi connectivity index (χ1v) is 7.54. The lowest BCUT2D eigenvalue weighted by Crippen LogP contribution is -2.40. The highest BCUT2D eigenvalue weighted by molar-refractivity contribution is 5.70. The normalized spacial score (nSPS) is 26.5. The van der Waals surface area contributed by atoms with Crippen molar-refractivity contribution in [3.63, 3.8) is 0 Å². The third kappa shape index (κ3) is 3.02. The Morgan fingerprint density at radius 2 is 2.19 bits per heavy atom. The number of aliphatic carboxylic acids is 1. The van der Waals surface area contributed by atoms with Gasteiger partial charge in [-0.05, 0) is 50.4 Å². The van der Waals surface area contributed by atoms with E-state index in [-0.39, 0.29) is 17.8 Å². The molecule has 2 unspecified atom stereocenters. The second-order valence-electron chi connectivity index (χ2n) is 5.86. The molecular weight excluding hydrogens is 273 g/mol. The molecule has 1 N–H and O–H groups in total. The largest absolute Gasteiger partial charge is 0.493 e. The van der Waals surface area contributed by atoms with Gasteiger partial charge >= 0.3 is 5.97 Å². The van der Waals surface area contributed by atoms with Crippen LogP contribution in [0.4, 0.5) is 4.39 Å². The van der Waals surface area contributed by atoms with E-state index in [4.69, 9.17) is 4.74 Å². The van der Waals surface area contributed by atoms with Crippen LogP contribution in [0.25, 0.3) is 0 Å². The summed E-state index contributed by atoms with van der Waals surface area (Å²) in [7, 11) is 0. The van der Waals surface area contributed by atoms with Crippen LogP contribution >= 0.6 is 0 Å². The molecule has 1 saturated heterocycles. The SMILES string of the molecule is O=C(O)C1CCCN(C2CCCOc3ccc(F)cc32)C1. The quantitative estimate of drug-likeness (QED) is 0.911. The zero-order chi connectivity index (χ0) is 14.8. The number of halogens is 1. The number of likely N-dealkylation sites (tertiary alicyclic amines) is 1. The molecule has 0 saturated carbocycles. The molecule has 2 aliphatic heterocycles. The molecule has 0 radical (unpaired) electrons. The molecule has 0 bridgehead atoms. The van der Waals surface area contributed by atoms with E-state index in [1.807, 2.05) is 0 Å².